The molecule has 0 aliphatic rings. The molecular formula is C36H26O2. The van der Waals surface area contributed by atoms with E-state index in [0.717, 1.165) is 71.3 Å². The molecule has 0 amide bonds. The van der Waals surface area contributed by atoms with Crippen molar-refractivity contribution in [3.8, 4) is 33.8 Å². The molecule has 0 aliphatic heterocycles. The van der Waals surface area contributed by atoms with Gasteiger partial charge in [0, 0.05) is 5.39 Å². The number of phenols is 2. The van der Waals surface area contributed by atoms with E-state index in [1.165, 1.54) is 0 Å². The van der Waals surface area contributed by atoms with Gasteiger partial charge in [-0.15, -0.1) is 0 Å². The van der Waals surface area contributed by atoms with Crippen molar-refractivity contribution in [2.45, 2.75) is 0 Å². The summed E-state index contributed by atoms with van der Waals surface area (Å²) in [6.45, 7) is 12.0. The monoisotopic (exact) mass is 490 g/mol. The van der Waals surface area contributed by atoms with Crippen molar-refractivity contribution in [2.75, 3.05) is 0 Å². The average molecular weight is 491 g/mol. The summed E-state index contributed by atoms with van der Waals surface area (Å²) in [7, 11) is 0. The third-order valence-corrected chi connectivity index (χ3v) is 7.30. The van der Waals surface area contributed by atoms with E-state index in [9.17, 15) is 10.2 Å². The van der Waals surface area contributed by atoms with Crippen LogP contribution in [0.2, 0.25) is 0 Å². The molecule has 6 aromatic carbocycles. The van der Waals surface area contributed by atoms with E-state index in [2.05, 4.69) is 68.3 Å². The van der Waals surface area contributed by atoms with Gasteiger partial charge >= 0.3 is 0 Å². The van der Waals surface area contributed by atoms with Crippen LogP contribution in [0, 0.1) is 0 Å². The third kappa shape index (κ3) is 3.75. The summed E-state index contributed by atoms with van der Waals surface area (Å²) in [5, 5.41) is 27.4. The van der Waals surface area contributed by atoms with Gasteiger partial charge in [0.15, 0.2) is 0 Å². The Labute approximate surface area is 221 Å². The van der Waals surface area contributed by atoms with Crippen molar-refractivity contribution in [2.24, 2.45) is 0 Å². The Morgan fingerprint density at radius 1 is 0.500 bits per heavy atom. The molecule has 0 bridgehead atoms. The summed E-state index contributed by atoms with van der Waals surface area (Å²) < 4.78 is 0. The summed E-state index contributed by atoms with van der Waals surface area (Å²) in [5.41, 5.74) is 6.76. The van der Waals surface area contributed by atoms with E-state index in [-0.39, 0.29) is 11.5 Å². The minimum atomic E-state index is 0.171. The Morgan fingerprint density at radius 2 is 1.24 bits per heavy atom. The molecule has 182 valence electrons. The van der Waals surface area contributed by atoms with Crippen molar-refractivity contribution in [1.82, 2.24) is 0 Å². The maximum atomic E-state index is 10.9. The normalized spacial score (nSPS) is 11.2. The summed E-state index contributed by atoms with van der Waals surface area (Å²) >= 11 is 0. The zero-order chi connectivity index (χ0) is 26.4. The highest BCUT2D eigenvalue weighted by atomic mass is 16.3. The first kappa shape index (κ1) is 23.3. The van der Waals surface area contributed by atoms with Crippen LogP contribution in [0.4, 0.5) is 0 Å². The maximum Gasteiger partial charge on any atom is 0.123 e. The minimum absolute atomic E-state index is 0.171. The second kappa shape index (κ2) is 9.10. The second-order valence-corrected chi connectivity index (χ2v) is 9.49. The lowest BCUT2D eigenvalue weighted by molar-refractivity contribution is 0.476. The highest BCUT2D eigenvalue weighted by Gasteiger charge is 2.15. The van der Waals surface area contributed by atoms with Crippen LogP contribution in [0.3, 0.4) is 0 Å². The largest absolute Gasteiger partial charge is 0.508 e. The molecule has 0 fully saturated rings. The lowest BCUT2D eigenvalue weighted by Gasteiger charge is -2.16. The molecule has 0 aromatic heterocycles. The fourth-order valence-corrected chi connectivity index (χ4v) is 5.43. The van der Waals surface area contributed by atoms with Gasteiger partial charge < -0.3 is 10.2 Å². The topological polar surface area (TPSA) is 40.5 Å². The molecule has 2 heteroatoms. The summed E-state index contributed by atoms with van der Waals surface area (Å²) in [4.78, 5) is 0. The number of phenolic OH excluding ortho intramolecular Hbond substituents is 2. The molecule has 0 atom stereocenters. The number of hydrogen-bond acceptors (Lipinski definition) is 2. The van der Waals surface area contributed by atoms with Crippen LogP contribution in [0.1, 0.15) is 16.7 Å². The van der Waals surface area contributed by atoms with Crippen LogP contribution in [-0.2, 0) is 0 Å². The van der Waals surface area contributed by atoms with Gasteiger partial charge in [-0.3, -0.25) is 0 Å². The van der Waals surface area contributed by atoms with E-state index in [0.29, 0.717) is 0 Å². The molecule has 38 heavy (non-hydrogen) atoms. The van der Waals surface area contributed by atoms with Gasteiger partial charge in [-0.25, -0.2) is 0 Å². The van der Waals surface area contributed by atoms with Gasteiger partial charge in [-0.2, -0.15) is 0 Å². The smallest absolute Gasteiger partial charge is 0.123 e. The Balaban J connectivity index is 1.69. The van der Waals surface area contributed by atoms with E-state index in [4.69, 9.17) is 0 Å². The third-order valence-electron chi connectivity index (χ3n) is 7.30. The van der Waals surface area contributed by atoms with E-state index >= 15 is 0 Å². The van der Waals surface area contributed by atoms with E-state index in [1.807, 2.05) is 42.5 Å². The Morgan fingerprint density at radius 3 is 2.03 bits per heavy atom. The molecule has 0 unspecified atom stereocenters. The zero-order valence-electron chi connectivity index (χ0n) is 20.9. The summed E-state index contributed by atoms with van der Waals surface area (Å²) in [6, 6.07) is 29.9. The van der Waals surface area contributed by atoms with Gasteiger partial charge in [0.2, 0.25) is 0 Å². The lowest BCUT2D eigenvalue weighted by Crippen LogP contribution is -1.90. The van der Waals surface area contributed by atoms with Crippen molar-refractivity contribution in [3.63, 3.8) is 0 Å². The number of benzene rings is 6. The van der Waals surface area contributed by atoms with Gasteiger partial charge in [-0.1, -0.05) is 80.4 Å². The molecule has 0 saturated carbocycles. The predicted octanol–water partition coefficient (Wildman–Crippen LogP) is 9.82. The maximum absolute atomic E-state index is 10.9. The fourth-order valence-electron chi connectivity index (χ4n) is 5.43. The molecule has 0 saturated heterocycles. The first-order valence-corrected chi connectivity index (χ1v) is 12.5. The van der Waals surface area contributed by atoms with E-state index in [1.54, 1.807) is 18.2 Å². The van der Waals surface area contributed by atoms with Gasteiger partial charge in [0.1, 0.15) is 11.5 Å². The highest BCUT2D eigenvalue weighted by molar-refractivity contribution is 6.09. The number of rotatable bonds is 5. The predicted molar refractivity (Wildman–Crippen MR) is 163 cm³/mol. The van der Waals surface area contributed by atoms with Crippen molar-refractivity contribution in [1.29, 1.82) is 0 Å². The minimum Gasteiger partial charge on any atom is -0.508 e. The fraction of sp³-hybridized carbons (Fsp3) is 0. The van der Waals surface area contributed by atoms with Crippen LogP contribution in [0.25, 0.3) is 72.8 Å². The van der Waals surface area contributed by atoms with Crippen molar-refractivity contribution in [3.05, 3.63) is 127 Å². The van der Waals surface area contributed by atoms with Crippen LogP contribution in [0.5, 0.6) is 11.5 Å². The van der Waals surface area contributed by atoms with Crippen molar-refractivity contribution < 1.29 is 10.2 Å². The summed E-state index contributed by atoms with van der Waals surface area (Å²) in [6.07, 6.45) is 5.51. The zero-order valence-corrected chi connectivity index (χ0v) is 20.9. The number of aromatic hydroxyl groups is 2. The van der Waals surface area contributed by atoms with Crippen molar-refractivity contribution >= 4 is 50.5 Å². The average Bonchev–Trinajstić information content (AvgIpc) is 2.95. The van der Waals surface area contributed by atoms with Crippen LogP contribution in [0.15, 0.2) is 111 Å². The van der Waals surface area contributed by atoms with Crippen LogP contribution in [-0.4, -0.2) is 10.2 Å². The summed E-state index contributed by atoms with van der Waals surface area (Å²) in [5.74, 6) is 0.378. The van der Waals surface area contributed by atoms with Gasteiger partial charge in [0.05, 0.1) is 0 Å². The Kier molecular flexibility index (Phi) is 5.58. The molecule has 0 radical (unpaired) electrons. The van der Waals surface area contributed by atoms with E-state index < -0.39 is 0 Å². The molecule has 6 aromatic rings. The first-order valence-electron chi connectivity index (χ1n) is 12.5. The Hall–Kier alpha value is -5.08. The molecule has 0 aliphatic carbocycles. The Bertz CT molecular complexity index is 1940. The molecule has 6 rings (SSSR count). The quantitative estimate of drug-likeness (QED) is 0.252. The molecule has 2 nitrogen and oxygen atoms in total. The molecule has 0 spiro atoms. The highest BCUT2D eigenvalue weighted by Crippen LogP contribution is 2.42. The molecular weight excluding hydrogens is 464 g/mol. The lowest BCUT2D eigenvalue weighted by atomic mass is 9.88. The van der Waals surface area contributed by atoms with Crippen LogP contribution < -0.4 is 0 Å². The second-order valence-electron chi connectivity index (χ2n) is 9.49. The standard InChI is InChI=1S/C36H26O2/c1-4-22-15-31(26-14-13-25-10-7-9-23(5-2)30(25)18-26)34-21-28(37)20-32(33(34)16-22)27-17-24(6-3)29-11-8-12-36(38)35(29)19-27/h4-21,37-38H,1-3H2. The van der Waals surface area contributed by atoms with Gasteiger partial charge in [0.25, 0.3) is 0 Å². The number of hydrogen-bond donors (Lipinski definition) is 2. The van der Waals surface area contributed by atoms with Gasteiger partial charge in [-0.05, 0) is 114 Å². The number of fused-ring (bicyclic) bond motifs is 3. The molecule has 0 heterocycles. The molecule has 2 N–H and O–H groups in total. The first-order chi connectivity index (χ1) is 18.5. The van der Waals surface area contributed by atoms with Crippen LogP contribution >= 0.6 is 0 Å². The SMILES string of the molecule is C=Cc1cc(-c2ccc3cccc(C=C)c3c2)c2cc(O)cc(-c3cc(C=C)c4cccc(O)c4c3)c2c1.